The van der Waals surface area contributed by atoms with Gasteiger partial charge in [0.05, 0.1) is 0 Å². The molecule has 2 N–H and O–H groups in total. The number of amides is 3. The number of aromatic nitrogens is 1. The van der Waals surface area contributed by atoms with Crippen LogP contribution in [0.25, 0.3) is 0 Å². The topological polar surface area (TPSA) is 80.3 Å². The second-order valence-electron chi connectivity index (χ2n) is 3.96. The van der Waals surface area contributed by atoms with E-state index in [2.05, 4.69) is 15.6 Å². The lowest BCUT2D eigenvalue weighted by atomic mass is 10.3. The summed E-state index contributed by atoms with van der Waals surface area (Å²) in [6, 6.07) is 10.9. The number of hydrogen-bond acceptors (Lipinski definition) is 4. The quantitative estimate of drug-likeness (QED) is 0.909. The maximum Gasteiger partial charge on any atom is 0.327 e. The molecule has 3 amide bonds. The van der Waals surface area contributed by atoms with Crippen LogP contribution < -0.4 is 15.4 Å². The van der Waals surface area contributed by atoms with Crippen LogP contribution in [0.4, 0.5) is 10.6 Å². The van der Waals surface area contributed by atoms with E-state index < -0.39 is 11.9 Å². The third-order valence-electron chi connectivity index (χ3n) is 2.34. The van der Waals surface area contributed by atoms with Crippen molar-refractivity contribution in [3.05, 3.63) is 53.7 Å². The van der Waals surface area contributed by atoms with Crippen LogP contribution in [-0.4, -0.2) is 23.5 Å². The number of nitrogens with one attached hydrogen (secondary N) is 2. The number of ether oxygens (including phenoxy) is 1. The number of carbonyl (C=O) groups is 2. The highest BCUT2D eigenvalue weighted by Gasteiger charge is 2.09. The van der Waals surface area contributed by atoms with Crippen molar-refractivity contribution in [1.82, 2.24) is 10.3 Å². The molecule has 0 atom stereocenters. The van der Waals surface area contributed by atoms with E-state index >= 15 is 0 Å². The maximum atomic E-state index is 11.5. The van der Waals surface area contributed by atoms with Crippen molar-refractivity contribution >= 4 is 29.4 Å². The summed E-state index contributed by atoms with van der Waals surface area (Å²) < 4.78 is 5.21. The Labute approximate surface area is 126 Å². The highest BCUT2D eigenvalue weighted by Crippen LogP contribution is 2.15. The summed E-state index contributed by atoms with van der Waals surface area (Å²) in [5.74, 6) is 0.263. The van der Waals surface area contributed by atoms with Gasteiger partial charge in [-0.2, -0.15) is 0 Å². The molecule has 21 heavy (non-hydrogen) atoms. The fourth-order valence-corrected chi connectivity index (χ4v) is 1.55. The maximum absolute atomic E-state index is 11.5. The minimum absolute atomic E-state index is 0.280. The highest BCUT2D eigenvalue weighted by atomic mass is 35.5. The Morgan fingerprint density at radius 3 is 2.57 bits per heavy atom. The number of hydrogen-bond donors (Lipinski definition) is 2. The van der Waals surface area contributed by atoms with Gasteiger partial charge in [-0.15, -0.1) is 0 Å². The lowest BCUT2D eigenvalue weighted by Crippen LogP contribution is -2.37. The van der Waals surface area contributed by atoms with E-state index in [1.165, 1.54) is 6.20 Å². The SMILES string of the molecule is O=C(COc1ccc(Cl)cc1)NC(=O)Nc1ccccn1. The summed E-state index contributed by atoms with van der Waals surface area (Å²) >= 11 is 5.73. The van der Waals surface area contributed by atoms with Crippen LogP contribution in [0.5, 0.6) is 5.75 Å². The second kappa shape index (κ2) is 7.25. The number of nitrogens with zero attached hydrogens (tertiary/aromatic N) is 1. The normalized spacial score (nSPS) is 9.76. The first-order chi connectivity index (χ1) is 10.1. The molecule has 0 saturated carbocycles. The van der Waals surface area contributed by atoms with E-state index in [0.29, 0.717) is 16.6 Å². The number of pyridine rings is 1. The number of imide groups is 1. The van der Waals surface area contributed by atoms with E-state index in [-0.39, 0.29) is 6.61 Å². The second-order valence-corrected chi connectivity index (χ2v) is 4.40. The molecule has 0 saturated heterocycles. The molecule has 0 fully saturated rings. The van der Waals surface area contributed by atoms with E-state index in [1.54, 1.807) is 42.5 Å². The molecule has 1 aromatic heterocycles. The molecule has 0 bridgehead atoms. The third-order valence-corrected chi connectivity index (χ3v) is 2.59. The minimum atomic E-state index is -0.668. The zero-order valence-electron chi connectivity index (χ0n) is 10.9. The standard InChI is InChI=1S/C14H12ClN3O3/c15-10-4-6-11(7-5-10)21-9-13(19)18-14(20)17-12-3-1-2-8-16-12/h1-8H,9H2,(H2,16,17,18,19,20). The Kier molecular flexibility index (Phi) is 5.11. The fraction of sp³-hybridized carbons (Fsp3) is 0.0714. The summed E-state index contributed by atoms with van der Waals surface area (Å²) in [5.41, 5.74) is 0. The predicted molar refractivity (Wildman–Crippen MR) is 78.3 cm³/mol. The Morgan fingerprint density at radius 2 is 1.90 bits per heavy atom. The van der Waals surface area contributed by atoms with Gasteiger partial charge in [0, 0.05) is 11.2 Å². The average Bonchev–Trinajstić information content (AvgIpc) is 2.47. The van der Waals surface area contributed by atoms with Crippen LogP contribution in [0.2, 0.25) is 5.02 Å². The van der Waals surface area contributed by atoms with Crippen LogP contribution in [0.1, 0.15) is 0 Å². The summed E-state index contributed by atoms with van der Waals surface area (Å²) in [6.07, 6.45) is 1.53. The number of urea groups is 1. The van der Waals surface area contributed by atoms with Crippen LogP contribution >= 0.6 is 11.6 Å². The number of rotatable bonds is 4. The fourth-order valence-electron chi connectivity index (χ4n) is 1.43. The van der Waals surface area contributed by atoms with Gasteiger partial charge >= 0.3 is 6.03 Å². The van der Waals surface area contributed by atoms with Gasteiger partial charge in [-0.1, -0.05) is 17.7 Å². The van der Waals surface area contributed by atoms with E-state index in [9.17, 15) is 9.59 Å². The molecule has 7 heteroatoms. The van der Waals surface area contributed by atoms with Crippen molar-refractivity contribution in [3.8, 4) is 5.75 Å². The number of benzene rings is 1. The summed E-state index contributed by atoms with van der Waals surface area (Å²) in [4.78, 5) is 27.0. The monoisotopic (exact) mass is 305 g/mol. The van der Waals surface area contributed by atoms with Gasteiger partial charge in [-0.3, -0.25) is 15.4 Å². The molecule has 0 aliphatic carbocycles. The van der Waals surface area contributed by atoms with Crippen molar-refractivity contribution in [2.75, 3.05) is 11.9 Å². The van der Waals surface area contributed by atoms with Gasteiger partial charge in [-0.25, -0.2) is 9.78 Å². The molecule has 2 rings (SSSR count). The lowest BCUT2D eigenvalue weighted by Gasteiger charge is -2.07. The van der Waals surface area contributed by atoms with Gasteiger partial charge in [-0.05, 0) is 36.4 Å². The van der Waals surface area contributed by atoms with Gasteiger partial charge < -0.3 is 4.74 Å². The number of halogens is 1. The van der Waals surface area contributed by atoms with Crippen LogP contribution in [0.15, 0.2) is 48.7 Å². The first-order valence-electron chi connectivity index (χ1n) is 6.04. The molecular weight excluding hydrogens is 294 g/mol. The van der Waals surface area contributed by atoms with Crippen molar-refractivity contribution in [1.29, 1.82) is 0 Å². The molecule has 0 radical (unpaired) electrons. The average molecular weight is 306 g/mol. The molecule has 1 heterocycles. The zero-order chi connectivity index (χ0) is 15.1. The molecule has 6 nitrogen and oxygen atoms in total. The molecule has 0 aliphatic heterocycles. The van der Waals surface area contributed by atoms with E-state index in [4.69, 9.17) is 16.3 Å². The first kappa shape index (κ1) is 14.8. The van der Waals surface area contributed by atoms with Gasteiger partial charge in [0.1, 0.15) is 11.6 Å². The van der Waals surface area contributed by atoms with Gasteiger partial charge in [0.25, 0.3) is 5.91 Å². The van der Waals surface area contributed by atoms with Crippen molar-refractivity contribution in [2.45, 2.75) is 0 Å². The lowest BCUT2D eigenvalue weighted by molar-refractivity contribution is -0.121. The van der Waals surface area contributed by atoms with Crippen molar-refractivity contribution < 1.29 is 14.3 Å². The van der Waals surface area contributed by atoms with Gasteiger partial charge in [0.15, 0.2) is 6.61 Å². The van der Waals surface area contributed by atoms with Crippen LogP contribution in [0, 0.1) is 0 Å². The van der Waals surface area contributed by atoms with E-state index in [1.807, 2.05) is 0 Å². The Morgan fingerprint density at radius 1 is 1.14 bits per heavy atom. The molecule has 0 unspecified atom stereocenters. The van der Waals surface area contributed by atoms with Crippen LogP contribution in [0.3, 0.4) is 0 Å². The molecule has 1 aromatic carbocycles. The number of anilines is 1. The molecule has 0 aliphatic rings. The Bertz CT molecular complexity index is 617. The van der Waals surface area contributed by atoms with Crippen molar-refractivity contribution in [3.63, 3.8) is 0 Å². The van der Waals surface area contributed by atoms with E-state index in [0.717, 1.165) is 0 Å². The Balaban J connectivity index is 1.76. The highest BCUT2D eigenvalue weighted by molar-refractivity contribution is 6.30. The zero-order valence-corrected chi connectivity index (χ0v) is 11.6. The number of carbonyl (C=O) groups excluding carboxylic acids is 2. The molecule has 108 valence electrons. The summed E-state index contributed by atoms with van der Waals surface area (Å²) in [6.45, 7) is -0.280. The first-order valence-corrected chi connectivity index (χ1v) is 6.41. The van der Waals surface area contributed by atoms with Crippen molar-refractivity contribution in [2.24, 2.45) is 0 Å². The predicted octanol–water partition coefficient (Wildman–Crippen LogP) is 2.46. The Hall–Kier alpha value is -2.60. The smallest absolute Gasteiger partial charge is 0.327 e. The van der Waals surface area contributed by atoms with Gasteiger partial charge in [0.2, 0.25) is 0 Å². The largest absolute Gasteiger partial charge is 0.484 e. The summed E-state index contributed by atoms with van der Waals surface area (Å²) in [7, 11) is 0. The minimum Gasteiger partial charge on any atom is -0.484 e. The summed E-state index contributed by atoms with van der Waals surface area (Å²) in [5, 5.41) is 5.12. The van der Waals surface area contributed by atoms with Crippen LogP contribution in [-0.2, 0) is 4.79 Å². The molecule has 2 aromatic rings. The molecule has 0 spiro atoms. The molecular formula is C14H12ClN3O3. The third kappa shape index (κ3) is 5.12.